The Morgan fingerprint density at radius 2 is 2.00 bits per heavy atom. The third-order valence-corrected chi connectivity index (χ3v) is 4.77. The van der Waals surface area contributed by atoms with Crippen molar-refractivity contribution in [3.8, 4) is 11.8 Å². The fourth-order valence-corrected chi connectivity index (χ4v) is 2.80. The van der Waals surface area contributed by atoms with Crippen molar-refractivity contribution in [3.05, 3.63) is 47.5 Å². The minimum absolute atomic E-state index is 0.203. The van der Waals surface area contributed by atoms with Crippen LogP contribution in [0.1, 0.15) is 42.1 Å². The molecule has 4 N–H and O–H groups in total. The molecular weight excluding hydrogens is 386 g/mol. The van der Waals surface area contributed by atoms with Gasteiger partial charge in [0.15, 0.2) is 0 Å². The summed E-state index contributed by atoms with van der Waals surface area (Å²) in [4.78, 5) is 26.5. The van der Waals surface area contributed by atoms with Gasteiger partial charge in [-0.3, -0.25) is 9.59 Å². The van der Waals surface area contributed by atoms with Crippen molar-refractivity contribution >= 4 is 11.8 Å². The molecule has 0 aliphatic rings. The predicted molar refractivity (Wildman–Crippen MR) is 114 cm³/mol. The van der Waals surface area contributed by atoms with Gasteiger partial charge in [0.25, 0.3) is 5.91 Å². The highest BCUT2D eigenvalue weighted by molar-refractivity contribution is 5.99. The van der Waals surface area contributed by atoms with Gasteiger partial charge in [0.1, 0.15) is 11.8 Å². The van der Waals surface area contributed by atoms with Crippen molar-refractivity contribution in [2.45, 2.75) is 38.0 Å². The molecule has 0 aliphatic carbocycles. The number of aliphatic hydroxyl groups is 1. The molecule has 2 atom stereocenters. The van der Waals surface area contributed by atoms with E-state index in [1.807, 2.05) is 6.08 Å². The molecule has 0 bridgehead atoms. The number of ether oxygens (including phenoxy) is 1. The molecule has 164 valence electrons. The number of benzene rings is 1. The van der Waals surface area contributed by atoms with Crippen molar-refractivity contribution in [2.24, 2.45) is 0 Å². The van der Waals surface area contributed by atoms with E-state index in [1.165, 1.54) is 25.9 Å². The number of likely N-dealkylation sites (N-methyl/N-ethyl adjacent to an activating group) is 2. The lowest BCUT2D eigenvalue weighted by atomic mass is 9.92. The molecule has 30 heavy (non-hydrogen) atoms. The summed E-state index contributed by atoms with van der Waals surface area (Å²) in [5.74, 6) is 5.08. The fraction of sp³-hybridized carbons (Fsp3) is 0.455. The van der Waals surface area contributed by atoms with Crippen LogP contribution < -0.4 is 10.8 Å². The average Bonchev–Trinajstić information content (AvgIpc) is 2.76. The van der Waals surface area contributed by atoms with Crippen LogP contribution in [0.25, 0.3) is 0 Å². The number of carbonyl (C=O) groups is 2. The number of nitrogens with one attached hydrogen (secondary N) is 2. The van der Waals surface area contributed by atoms with Gasteiger partial charge in [0, 0.05) is 45.4 Å². The number of hydroxylamine groups is 1. The molecule has 0 aromatic heterocycles. The molecule has 0 fully saturated rings. The Hall–Kier alpha value is -2.70. The topological polar surface area (TPSA) is 111 Å². The first-order valence-electron chi connectivity index (χ1n) is 9.63. The van der Waals surface area contributed by atoms with E-state index in [9.17, 15) is 14.7 Å². The standard InChI is InChI=1S/C22H31N3O5/c1-22(21(28)23-2,16-19(26)24-29)25(3)20(27)18-13-11-17(12-14-18)10-8-6-5-7-9-15-30-4/h5-6,11-14,19,24,26,29H,7,9,15-16H2,1-4H3,(H,23,28)/b6-5+/t19?,22-/m1/s1. The molecule has 0 saturated heterocycles. The number of hydrogen-bond acceptors (Lipinski definition) is 6. The lowest BCUT2D eigenvalue weighted by Crippen LogP contribution is -2.59. The third-order valence-electron chi connectivity index (χ3n) is 4.77. The van der Waals surface area contributed by atoms with Crippen LogP contribution in [0.3, 0.4) is 0 Å². The van der Waals surface area contributed by atoms with Crippen LogP contribution >= 0.6 is 0 Å². The zero-order valence-corrected chi connectivity index (χ0v) is 17.9. The van der Waals surface area contributed by atoms with Crippen molar-refractivity contribution in [1.82, 2.24) is 15.7 Å². The van der Waals surface area contributed by atoms with Crippen LogP contribution in [0.15, 0.2) is 36.4 Å². The summed E-state index contributed by atoms with van der Waals surface area (Å²) in [6, 6.07) is 6.73. The summed E-state index contributed by atoms with van der Waals surface area (Å²) in [7, 11) is 4.59. The number of rotatable bonds is 10. The number of carbonyl (C=O) groups excluding carboxylic acids is 2. The van der Waals surface area contributed by atoms with Gasteiger partial charge in [0.2, 0.25) is 5.91 Å². The van der Waals surface area contributed by atoms with Gasteiger partial charge < -0.3 is 25.3 Å². The minimum Gasteiger partial charge on any atom is -0.385 e. The molecule has 1 aromatic carbocycles. The van der Waals surface area contributed by atoms with E-state index >= 15 is 0 Å². The number of allylic oxidation sites excluding steroid dienone is 2. The maximum absolute atomic E-state index is 12.9. The average molecular weight is 418 g/mol. The summed E-state index contributed by atoms with van der Waals surface area (Å²) in [6.07, 6.45) is 4.03. The van der Waals surface area contributed by atoms with Crippen molar-refractivity contribution in [3.63, 3.8) is 0 Å². The number of hydrogen-bond donors (Lipinski definition) is 4. The van der Waals surface area contributed by atoms with E-state index in [2.05, 4.69) is 17.2 Å². The van der Waals surface area contributed by atoms with Gasteiger partial charge in [0.05, 0.1) is 0 Å². The quantitative estimate of drug-likeness (QED) is 0.198. The second-order valence-electron chi connectivity index (χ2n) is 6.95. The van der Waals surface area contributed by atoms with Crippen LogP contribution in [0.2, 0.25) is 0 Å². The lowest BCUT2D eigenvalue weighted by molar-refractivity contribution is -0.133. The molecule has 8 heteroatoms. The lowest BCUT2D eigenvalue weighted by Gasteiger charge is -2.38. The monoisotopic (exact) mass is 417 g/mol. The Morgan fingerprint density at radius 3 is 2.57 bits per heavy atom. The minimum atomic E-state index is -1.38. The normalized spacial score (nSPS) is 13.8. The highest BCUT2D eigenvalue weighted by Gasteiger charge is 2.41. The van der Waals surface area contributed by atoms with Crippen molar-refractivity contribution < 1.29 is 24.6 Å². The summed E-state index contributed by atoms with van der Waals surface area (Å²) >= 11 is 0. The molecule has 0 heterocycles. The van der Waals surface area contributed by atoms with Crippen LogP contribution in [0, 0.1) is 11.8 Å². The molecule has 2 amide bonds. The van der Waals surface area contributed by atoms with Crippen LogP contribution in [-0.4, -0.2) is 66.6 Å². The van der Waals surface area contributed by atoms with E-state index < -0.39 is 23.6 Å². The number of amides is 2. The first-order valence-corrected chi connectivity index (χ1v) is 9.63. The van der Waals surface area contributed by atoms with E-state index in [-0.39, 0.29) is 6.42 Å². The second kappa shape index (κ2) is 12.8. The molecule has 1 unspecified atom stereocenters. The van der Waals surface area contributed by atoms with Gasteiger partial charge in [-0.2, -0.15) is 5.48 Å². The maximum atomic E-state index is 12.9. The number of nitrogens with zero attached hydrogens (tertiary/aromatic N) is 1. The molecular formula is C22H31N3O5. The van der Waals surface area contributed by atoms with Gasteiger partial charge in [-0.25, -0.2) is 0 Å². The van der Waals surface area contributed by atoms with Gasteiger partial charge in [-0.1, -0.05) is 17.9 Å². The zero-order valence-electron chi connectivity index (χ0n) is 17.9. The number of methoxy groups -OCH3 is 1. The predicted octanol–water partition coefficient (Wildman–Crippen LogP) is 1.28. The fourth-order valence-electron chi connectivity index (χ4n) is 2.80. The molecule has 0 radical (unpaired) electrons. The maximum Gasteiger partial charge on any atom is 0.254 e. The smallest absolute Gasteiger partial charge is 0.254 e. The summed E-state index contributed by atoms with van der Waals surface area (Å²) in [5.41, 5.74) is 1.44. The van der Waals surface area contributed by atoms with Crippen molar-refractivity contribution in [2.75, 3.05) is 27.8 Å². The van der Waals surface area contributed by atoms with Crippen LogP contribution in [-0.2, 0) is 9.53 Å². The molecule has 0 spiro atoms. The molecule has 0 aliphatic heterocycles. The van der Waals surface area contributed by atoms with Crippen LogP contribution in [0.4, 0.5) is 0 Å². The molecule has 1 aromatic rings. The zero-order chi connectivity index (χ0) is 22.6. The Kier molecular flexibility index (Phi) is 10.8. The Bertz CT molecular complexity index is 782. The molecule has 8 nitrogen and oxygen atoms in total. The largest absolute Gasteiger partial charge is 0.385 e. The Balaban J connectivity index is 2.88. The van der Waals surface area contributed by atoms with Gasteiger partial charge in [-0.15, -0.1) is 0 Å². The highest BCUT2D eigenvalue weighted by Crippen LogP contribution is 2.22. The summed E-state index contributed by atoms with van der Waals surface area (Å²) in [5, 5.41) is 21.1. The Labute approximate surface area is 177 Å². The summed E-state index contributed by atoms with van der Waals surface area (Å²) < 4.78 is 4.98. The first-order chi connectivity index (χ1) is 14.3. The molecule has 0 saturated carbocycles. The van der Waals surface area contributed by atoms with Gasteiger partial charge >= 0.3 is 0 Å². The third kappa shape index (κ3) is 7.28. The van der Waals surface area contributed by atoms with E-state index in [1.54, 1.807) is 42.9 Å². The second-order valence-corrected chi connectivity index (χ2v) is 6.95. The first kappa shape index (κ1) is 25.3. The van der Waals surface area contributed by atoms with Gasteiger partial charge in [-0.05, 0) is 50.1 Å². The number of aliphatic hydroxyl groups excluding tert-OH is 1. The SMILES string of the molecule is CNC(=O)[C@@](C)(CC(O)NO)N(C)C(=O)c1ccc(C#C/C=C/CCCOC)cc1. The van der Waals surface area contributed by atoms with E-state index in [0.29, 0.717) is 5.56 Å². The molecule has 1 rings (SSSR count). The van der Waals surface area contributed by atoms with Crippen LogP contribution in [0.5, 0.6) is 0 Å². The van der Waals surface area contributed by atoms with E-state index in [0.717, 1.165) is 25.0 Å². The number of unbranched alkanes of at least 4 members (excludes halogenated alkanes) is 1. The van der Waals surface area contributed by atoms with E-state index in [4.69, 9.17) is 9.94 Å². The Morgan fingerprint density at radius 1 is 1.33 bits per heavy atom. The highest BCUT2D eigenvalue weighted by atomic mass is 16.5. The summed E-state index contributed by atoms with van der Waals surface area (Å²) in [6.45, 7) is 2.24. The van der Waals surface area contributed by atoms with Crippen molar-refractivity contribution in [1.29, 1.82) is 0 Å².